The summed E-state index contributed by atoms with van der Waals surface area (Å²) in [5.41, 5.74) is 3.67. The Morgan fingerprint density at radius 3 is 2.74 bits per heavy atom. The van der Waals surface area contributed by atoms with Crippen molar-refractivity contribution in [3.05, 3.63) is 82.8 Å². The highest BCUT2D eigenvalue weighted by molar-refractivity contribution is 5.78. The fourth-order valence-electron chi connectivity index (χ4n) is 3.53. The Kier molecular flexibility index (Phi) is 6.07. The fourth-order valence-corrected chi connectivity index (χ4v) is 3.53. The standard InChI is InChI=1S/C25H26N4O2/c1-4-29-16-20(10-12-24(29)30)21-15-26-18(3)27-25(21)31-14-13-17(2)22-11-9-19-7-5-6-8-23(19)28-22/h5-12,15-17H,4,13-14H2,1-3H3/t17-/m1/s1. The van der Waals surface area contributed by atoms with Crippen molar-refractivity contribution in [2.75, 3.05) is 6.61 Å². The Balaban J connectivity index is 1.50. The number of hydrogen-bond donors (Lipinski definition) is 0. The summed E-state index contributed by atoms with van der Waals surface area (Å²) in [7, 11) is 0. The number of fused-ring (bicyclic) bond motifs is 1. The number of rotatable bonds is 7. The van der Waals surface area contributed by atoms with Crippen molar-refractivity contribution in [2.24, 2.45) is 0 Å². The number of pyridine rings is 2. The summed E-state index contributed by atoms with van der Waals surface area (Å²) >= 11 is 0. The number of para-hydroxylation sites is 1. The highest BCUT2D eigenvalue weighted by Gasteiger charge is 2.13. The molecule has 0 aliphatic carbocycles. The van der Waals surface area contributed by atoms with E-state index in [-0.39, 0.29) is 11.5 Å². The highest BCUT2D eigenvalue weighted by Crippen LogP contribution is 2.28. The van der Waals surface area contributed by atoms with Gasteiger partial charge in [0.1, 0.15) is 5.82 Å². The van der Waals surface area contributed by atoms with Gasteiger partial charge in [-0.3, -0.25) is 9.78 Å². The summed E-state index contributed by atoms with van der Waals surface area (Å²) in [4.78, 5) is 25.6. The molecule has 0 amide bonds. The summed E-state index contributed by atoms with van der Waals surface area (Å²) in [6.45, 7) is 7.05. The normalized spacial score (nSPS) is 12.1. The van der Waals surface area contributed by atoms with Gasteiger partial charge >= 0.3 is 0 Å². The van der Waals surface area contributed by atoms with Crippen molar-refractivity contribution in [3.63, 3.8) is 0 Å². The molecule has 0 bridgehead atoms. The molecule has 0 saturated carbocycles. The molecule has 0 N–H and O–H groups in total. The second kappa shape index (κ2) is 9.08. The van der Waals surface area contributed by atoms with Gasteiger partial charge in [0, 0.05) is 47.6 Å². The number of hydrogen-bond acceptors (Lipinski definition) is 5. The van der Waals surface area contributed by atoms with Crippen molar-refractivity contribution in [2.45, 2.75) is 39.7 Å². The SMILES string of the molecule is CCn1cc(-c2cnc(C)nc2OCC[C@@H](C)c2ccc3ccccc3n2)ccc1=O. The van der Waals surface area contributed by atoms with Crippen LogP contribution in [0.3, 0.4) is 0 Å². The van der Waals surface area contributed by atoms with Crippen LogP contribution in [-0.2, 0) is 6.54 Å². The van der Waals surface area contributed by atoms with Crippen LogP contribution >= 0.6 is 0 Å². The molecule has 6 nitrogen and oxygen atoms in total. The van der Waals surface area contributed by atoms with Gasteiger partial charge in [0.05, 0.1) is 17.7 Å². The van der Waals surface area contributed by atoms with Crippen LogP contribution in [0.25, 0.3) is 22.0 Å². The van der Waals surface area contributed by atoms with E-state index in [4.69, 9.17) is 9.72 Å². The lowest BCUT2D eigenvalue weighted by atomic mass is 10.0. The molecule has 0 aliphatic heterocycles. The lowest BCUT2D eigenvalue weighted by molar-refractivity contribution is 0.289. The van der Waals surface area contributed by atoms with Crippen molar-refractivity contribution in [1.82, 2.24) is 19.5 Å². The molecule has 0 unspecified atom stereocenters. The van der Waals surface area contributed by atoms with Crippen LogP contribution in [0.1, 0.15) is 37.7 Å². The molecular weight excluding hydrogens is 388 g/mol. The average Bonchev–Trinajstić information content (AvgIpc) is 2.79. The molecule has 31 heavy (non-hydrogen) atoms. The minimum atomic E-state index is -0.0292. The maximum Gasteiger partial charge on any atom is 0.250 e. The molecule has 0 aliphatic rings. The molecule has 4 aromatic rings. The van der Waals surface area contributed by atoms with Crippen LogP contribution in [-0.4, -0.2) is 26.1 Å². The third-order valence-electron chi connectivity index (χ3n) is 5.42. The smallest absolute Gasteiger partial charge is 0.250 e. The molecule has 1 aromatic carbocycles. The largest absolute Gasteiger partial charge is 0.477 e. The Morgan fingerprint density at radius 1 is 1.06 bits per heavy atom. The predicted octanol–water partition coefficient (Wildman–Crippen LogP) is 4.75. The van der Waals surface area contributed by atoms with Gasteiger partial charge in [-0.15, -0.1) is 0 Å². The van der Waals surface area contributed by atoms with Crippen LogP contribution in [0.4, 0.5) is 0 Å². The van der Waals surface area contributed by atoms with Crippen LogP contribution in [0.15, 0.2) is 65.7 Å². The molecule has 158 valence electrons. The lowest BCUT2D eigenvalue weighted by Gasteiger charge is -2.15. The Bertz CT molecular complexity index is 1270. The molecule has 3 aromatic heterocycles. The quantitative estimate of drug-likeness (QED) is 0.436. The number of benzene rings is 1. The maximum atomic E-state index is 11.9. The van der Waals surface area contributed by atoms with Gasteiger partial charge in [0.25, 0.3) is 5.56 Å². The van der Waals surface area contributed by atoms with Crippen LogP contribution < -0.4 is 10.3 Å². The van der Waals surface area contributed by atoms with E-state index in [0.29, 0.717) is 24.9 Å². The first-order chi connectivity index (χ1) is 15.0. The van der Waals surface area contributed by atoms with E-state index in [9.17, 15) is 4.79 Å². The molecule has 0 saturated heterocycles. The topological polar surface area (TPSA) is 69.9 Å². The maximum absolute atomic E-state index is 11.9. The van der Waals surface area contributed by atoms with E-state index in [1.54, 1.807) is 22.9 Å². The fraction of sp³-hybridized carbons (Fsp3) is 0.280. The molecule has 0 fully saturated rings. The first kappa shape index (κ1) is 20.7. The first-order valence-electron chi connectivity index (χ1n) is 10.6. The summed E-state index contributed by atoms with van der Waals surface area (Å²) in [5, 5.41) is 1.14. The van der Waals surface area contributed by atoms with Gasteiger partial charge in [-0.05, 0) is 38.5 Å². The average molecular weight is 415 g/mol. The van der Waals surface area contributed by atoms with Crippen molar-refractivity contribution < 1.29 is 4.74 Å². The molecule has 0 radical (unpaired) electrons. The van der Waals surface area contributed by atoms with Gasteiger partial charge in [0.2, 0.25) is 5.88 Å². The zero-order valence-corrected chi connectivity index (χ0v) is 18.1. The first-order valence-corrected chi connectivity index (χ1v) is 10.6. The third kappa shape index (κ3) is 4.63. The molecule has 0 spiro atoms. The van der Waals surface area contributed by atoms with Gasteiger partial charge < -0.3 is 9.30 Å². The van der Waals surface area contributed by atoms with Crippen LogP contribution in [0, 0.1) is 6.92 Å². The van der Waals surface area contributed by atoms with E-state index < -0.39 is 0 Å². The Hall–Kier alpha value is -3.54. The highest BCUT2D eigenvalue weighted by atomic mass is 16.5. The van der Waals surface area contributed by atoms with Gasteiger partial charge in [0.15, 0.2) is 0 Å². The van der Waals surface area contributed by atoms with Gasteiger partial charge in [-0.2, -0.15) is 4.98 Å². The summed E-state index contributed by atoms with van der Waals surface area (Å²) in [6.07, 6.45) is 4.39. The molecule has 1 atom stereocenters. The van der Waals surface area contributed by atoms with Gasteiger partial charge in [-0.25, -0.2) is 4.98 Å². The minimum absolute atomic E-state index is 0.0292. The van der Waals surface area contributed by atoms with Crippen LogP contribution in [0.2, 0.25) is 0 Å². The number of nitrogens with zero attached hydrogens (tertiary/aromatic N) is 4. The predicted molar refractivity (Wildman–Crippen MR) is 122 cm³/mol. The molecule has 4 rings (SSSR count). The molecule has 3 heterocycles. The van der Waals surface area contributed by atoms with Crippen molar-refractivity contribution >= 4 is 10.9 Å². The minimum Gasteiger partial charge on any atom is -0.477 e. The van der Waals surface area contributed by atoms with E-state index in [1.165, 1.54) is 0 Å². The Morgan fingerprint density at radius 2 is 1.90 bits per heavy atom. The monoisotopic (exact) mass is 414 g/mol. The zero-order valence-electron chi connectivity index (χ0n) is 18.1. The number of aromatic nitrogens is 4. The number of ether oxygens (including phenoxy) is 1. The summed E-state index contributed by atoms with van der Waals surface area (Å²) in [5.74, 6) is 1.43. The summed E-state index contributed by atoms with van der Waals surface area (Å²) in [6, 6.07) is 15.7. The van der Waals surface area contributed by atoms with E-state index in [0.717, 1.165) is 34.1 Å². The van der Waals surface area contributed by atoms with E-state index in [2.05, 4.69) is 35.1 Å². The third-order valence-corrected chi connectivity index (χ3v) is 5.42. The van der Waals surface area contributed by atoms with Crippen LogP contribution in [0.5, 0.6) is 5.88 Å². The number of aryl methyl sites for hydroxylation is 2. The van der Waals surface area contributed by atoms with E-state index in [1.807, 2.05) is 38.2 Å². The van der Waals surface area contributed by atoms with Crippen molar-refractivity contribution in [3.8, 4) is 17.0 Å². The zero-order chi connectivity index (χ0) is 21.8. The lowest BCUT2D eigenvalue weighted by Crippen LogP contribution is -2.17. The van der Waals surface area contributed by atoms with E-state index >= 15 is 0 Å². The van der Waals surface area contributed by atoms with Crippen molar-refractivity contribution in [1.29, 1.82) is 0 Å². The second-order valence-electron chi connectivity index (χ2n) is 7.65. The van der Waals surface area contributed by atoms with Gasteiger partial charge in [-0.1, -0.05) is 31.2 Å². The molecular formula is C25H26N4O2. The second-order valence-corrected chi connectivity index (χ2v) is 7.65. The molecule has 6 heteroatoms. The Labute approximate surface area is 181 Å². The summed E-state index contributed by atoms with van der Waals surface area (Å²) < 4.78 is 7.75.